The highest BCUT2D eigenvalue weighted by atomic mass is 32.1. The molecule has 1 amide bonds. The van der Waals surface area contributed by atoms with Crippen molar-refractivity contribution in [2.75, 3.05) is 7.11 Å². The lowest BCUT2D eigenvalue weighted by molar-refractivity contribution is 0.0959. The molecule has 6 heteroatoms. The first kappa shape index (κ1) is 17.7. The number of amides is 1. The zero-order valence-corrected chi connectivity index (χ0v) is 15.2. The lowest BCUT2D eigenvalue weighted by Crippen LogP contribution is -2.17. The molecule has 0 bridgehead atoms. The minimum absolute atomic E-state index is 0.0558. The van der Waals surface area contributed by atoms with E-state index in [1.807, 2.05) is 42.6 Å². The van der Waals surface area contributed by atoms with Gasteiger partial charge in [0.05, 0.1) is 13.3 Å². The molecule has 0 radical (unpaired) electrons. The maximum Gasteiger partial charge on any atom is 0.282 e. The summed E-state index contributed by atoms with van der Waals surface area (Å²) in [4.78, 5) is 13.0. The number of phenolic OH excluding ortho intramolecular Hbond substituents is 1. The maximum absolute atomic E-state index is 12.5. The Kier molecular flexibility index (Phi) is 5.34. The monoisotopic (exact) mass is 366 g/mol. The van der Waals surface area contributed by atoms with Gasteiger partial charge in [-0.2, -0.15) is 5.10 Å². The molecule has 0 aliphatic carbocycles. The molecule has 132 valence electrons. The number of nitrogens with zero attached hydrogens (tertiary/aromatic N) is 1. The van der Waals surface area contributed by atoms with Gasteiger partial charge in [0, 0.05) is 11.1 Å². The van der Waals surface area contributed by atoms with Gasteiger partial charge in [-0.1, -0.05) is 29.8 Å². The van der Waals surface area contributed by atoms with Crippen LogP contribution in [-0.2, 0) is 0 Å². The second kappa shape index (κ2) is 7.84. The van der Waals surface area contributed by atoms with Crippen molar-refractivity contribution in [1.29, 1.82) is 0 Å². The summed E-state index contributed by atoms with van der Waals surface area (Å²) in [6.45, 7) is 2.02. The van der Waals surface area contributed by atoms with Crippen LogP contribution < -0.4 is 10.2 Å². The van der Waals surface area contributed by atoms with Crippen LogP contribution in [0.1, 0.15) is 20.8 Å². The lowest BCUT2D eigenvalue weighted by atomic mass is 10.1. The number of hydrazone groups is 1. The zero-order chi connectivity index (χ0) is 18.5. The fourth-order valence-corrected chi connectivity index (χ4v) is 3.23. The predicted molar refractivity (Wildman–Crippen MR) is 104 cm³/mol. The summed E-state index contributed by atoms with van der Waals surface area (Å²) < 4.78 is 5.11. The van der Waals surface area contributed by atoms with Gasteiger partial charge in [0.15, 0.2) is 0 Å². The average Bonchev–Trinajstić information content (AvgIpc) is 3.13. The Morgan fingerprint density at radius 1 is 1.19 bits per heavy atom. The van der Waals surface area contributed by atoms with Crippen LogP contribution in [0, 0.1) is 6.92 Å². The van der Waals surface area contributed by atoms with Crippen LogP contribution in [0.5, 0.6) is 11.5 Å². The van der Waals surface area contributed by atoms with E-state index >= 15 is 0 Å². The van der Waals surface area contributed by atoms with E-state index in [0.29, 0.717) is 16.2 Å². The number of carbonyl (C=O) groups is 1. The third-order valence-electron chi connectivity index (χ3n) is 3.84. The van der Waals surface area contributed by atoms with E-state index < -0.39 is 0 Å². The molecule has 0 spiro atoms. The van der Waals surface area contributed by atoms with Gasteiger partial charge in [-0.3, -0.25) is 4.79 Å². The Labute approximate surface area is 155 Å². The van der Waals surface area contributed by atoms with Gasteiger partial charge < -0.3 is 9.84 Å². The molecule has 5 nitrogen and oxygen atoms in total. The minimum atomic E-state index is -0.297. The number of thiophene rings is 1. The van der Waals surface area contributed by atoms with E-state index in [2.05, 4.69) is 10.5 Å². The largest absolute Gasteiger partial charge is 0.507 e. The molecule has 3 aromatic rings. The number of aryl methyl sites for hydroxylation is 1. The number of phenols is 1. The third-order valence-corrected chi connectivity index (χ3v) is 4.75. The summed E-state index contributed by atoms with van der Waals surface area (Å²) in [6.07, 6.45) is 1.38. The molecule has 0 atom stereocenters. The van der Waals surface area contributed by atoms with Gasteiger partial charge in [0.2, 0.25) is 0 Å². The average molecular weight is 366 g/mol. The molecule has 0 unspecified atom stereocenters. The van der Waals surface area contributed by atoms with Crippen molar-refractivity contribution in [1.82, 2.24) is 5.43 Å². The van der Waals surface area contributed by atoms with Crippen molar-refractivity contribution in [2.24, 2.45) is 5.10 Å². The van der Waals surface area contributed by atoms with E-state index in [4.69, 9.17) is 4.74 Å². The fourth-order valence-electron chi connectivity index (χ4n) is 2.42. The van der Waals surface area contributed by atoms with E-state index in [9.17, 15) is 9.90 Å². The molecule has 3 rings (SSSR count). The minimum Gasteiger partial charge on any atom is -0.507 e. The summed E-state index contributed by atoms with van der Waals surface area (Å²) in [5.74, 6) is 0.352. The number of rotatable bonds is 5. The van der Waals surface area contributed by atoms with Gasteiger partial charge in [-0.05, 0) is 42.1 Å². The number of methoxy groups -OCH3 is 1. The van der Waals surface area contributed by atoms with E-state index in [-0.39, 0.29) is 11.7 Å². The molecular weight excluding hydrogens is 348 g/mol. The number of aromatic hydroxyl groups is 1. The fraction of sp³-hybridized carbons (Fsp3) is 0.100. The first-order valence-corrected chi connectivity index (χ1v) is 8.81. The first-order chi connectivity index (χ1) is 12.6. The van der Waals surface area contributed by atoms with Crippen molar-refractivity contribution in [3.8, 4) is 22.6 Å². The SMILES string of the molecule is COc1ccc(O)c(/C=N/NC(=O)c2sccc2-c2ccc(C)cc2)c1. The van der Waals surface area contributed by atoms with Crippen LogP contribution >= 0.6 is 11.3 Å². The topological polar surface area (TPSA) is 70.9 Å². The van der Waals surface area contributed by atoms with Crippen molar-refractivity contribution in [2.45, 2.75) is 6.92 Å². The van der Waals surface area contributed by atoms with E-state index in [0.717, 1.165) is 16.7 Å². The molecule has 2 aromatic carbocycles. The smallest absolute Gasteiger partial charge is 0.282 e. The molecular formula is C20H18N2O3S. The molecule has 1 aromatic heterocycles. The summed E-state index contributed by atoms with van der Waals surface area (Å²) >= 11 is 1.36. The molecule has 2 N–H and O–H groups in total. The summed E-state index contributed by atoms with van der Waals surface area (Å²) in [6, 6.07) is 14.7. The van der Waals surface area contributed by atoms with Gasteiger partial charge in [0.25, 0.3) is 5.91 Å². The Morgan fingerprint density at radius 2 is 1.96 bits per heavy atom. The number of nitrogens with one attached hydrogen (secondary N) is 1. The van der Waals surface area contributed by atoms with Gasteiger partial charge >= 0.3 is 0 Å². The maximum atomic E-state index is 12.5. The third kappa shape index (κ3) is 3.92. The number of hydrogen-bond acceptors (Lipinski definition) is 5. The Balaban J connectivity index is 1.75. The lowest BCUT2D eigenvalue weighted by Gasteiger charge is -2.05. The van der Waals surface area contributed by atoms with Gasteiger partial charge in [0.1, 0.15) is 16.4 Å². The highest BCUT2D eigenvalue weighted by Gasteiger charge is 2.14. The van der Waals surface area contributed by atoms with Crippen LogP contribution in [0.4, 0.5) is 0 Å². The van der Waals surface area contributed by atoms with Crippen LogP contribution in [0.3, 0.4) is 0 Å². The molecule has 0 aliphatic heterocycles. The first-order valence-electron chi connectivity index (χ1n) is 7.93. The highest BCUT2D eigenvalue weighted by Crippen LogP contribution is 2.28. The molecule has 0 saturated heterocycles. The summed E-state index contributed by atoms with van der Waals surface area (Å²) in [5, 5.41) is 15.7. The van der Waals surface area contributed by atoms with Gasteiger partial charge in [-0.25, -0.2) is 5.43 Å². The van der Waals surface area contributed by atoms with Crippen LogP contribution in [0.2, 0.25) is 0 Å². The van der Waals surface area contributed by atoms with Crippen LogP contribution in [0.25, 0.3) is 11.1 Å². The molecule has 0 fully saturated rings. The quantitative estimate of drug-likeness (QED) is 0.525. The Morgan fingerprint density at radius 3 is 2.69 bits per heavy atom. The Bertz CT molecular complexity index is 946. The summed E-state index contributed by atoms with van der Waals surface area (Å²) in [7, 11) is 1.54. The number of hydrogen-bond donors (Lipinski definition) is 2. The second-order valence-corrected chi connectivity index (χ2v) is 6.57. The van der Waals surface area contributed by atoms with Crippen LogP contribution in [0.15, 0.2) is 59.0 Å². The molecule has 0 saturated carbocycles. The summed E-state index contributed by atoms with van der Waals surface area (Å²) in [5.41, 5.74) is 5.98. The standard InChI is InChI=1S/C20H18N2O3S/c1-13-3-5-14(6-4-13)17-9-10-26-19(17)20(24)22-21-12-15-11-16(25-2)7-8-18(15)23/h3-12,23H,1-2H3,(H,22,24)/b21-12+. The van der Waals surface area contributed by atoms with Crippen molar-refractivity contribution in [3.05, 3.63) is 69.9 Å². The molecule has 1 heterocycles. The molecule has 26 heavy (non-hydrogen) atoms. The number of benzene rings is 2. The number of carbonyl (C=O) groups excluding carboxylic acids is 1. The highest BCUT2D eigenvalue weighted by molar-refractivity contribution is 7.12. The van der Waals surface area contributed by atoms with E-state index in [1.165, 1.54) is 23.6 Å². The van der Waals surface area contributed by atoms with E-state index in [1.54, 1.807) is 19.2 Å². The zero-order valence-electron chi connectivity index (χ0n) is 14.4. The van der Waals surface area contributed by atoms with Crippen molar-refractivity contribution in [3.63, 3.8) is 0 Å². The normalized spacial score (nSPS) is 10.8. The van der Waals surface area contributed by atoms with Crippen molar-refractivity contribution >= 4 is 23.5 Å². The van der Waals surface area contributed by atoms with Crippen molar-refractivity contribution < 1.29 is 14.6 Å². The number of ether oxygens (including phenoxy) is 1. The second-order valence-electron chi connectivity index (χ2n) is 5.65. The van der Waals surface area contributed by atoms with Crippen LogP contribution in [-0.4, -0.2) is 24.3 Å². The predicted octanol–water partition coefficient (Wildman–Crippen LogP) is 4.20. The molecule has 0 aliphatic rings. The van der Waals surface area contributed by atoms with Gasteiger partial charge in [-0.15, -0.1) is 11.3 Å². The Hall–Kier alpha value is -3.12.